The van der Waals surface area contributed by atoms with E-state index in [1.807, 2.05) is 30.3 Å². The van der Waals surface area contributed by atoms with Gasteiger partial charge >= 0.3 is 5.97 Å². The Morgan fingerprint density at radius 1 is 1.15 bits per heavy atom. The van der Waals surface area contributed by atoms with Crippen LogP contribution in [0.3, 0.4) is 0 Å². The van der Waals surface area contributed by atoms with Gasteiger partial charge in [0, 0.05) is 46.9 Å². The normalized spacial score (nSPS) is 15.5. The molecule has 1 N–H and O–H groups in total. The first-order chi connectivity index (χ1) is 15.8. The molecular weight excluding hydrogens is 465 g/mol. The maximum atomic E-state index is 12.1. The van der Waals surface area contributed by atoms with Crippen LogP contribution >= 0.6 is 23.2 Å². The van der Waals surface area contributed by atoms with Gasteiger partial charge in [0.1, 0.15) is 12.3 Å². The molecule has 1 aliphatic rings. The Bertz CT molecular complexity index is 1180. The highest BCUT2D eigenvalue weighted by molar-refractivity contribution is 6.35. The van der Waals surface area contributed by atoms with Crippen molar-refractivity contribution in [1.82, 2.24) is 4.90 Å². The van der Waals surface area contributed by atoms with Gasteiger partial charge in [-0.1, -0.05) is 35.3 Å². The quantitative estimate of drug-likeness (QED) is 0.215. The van der Waals surface area contributed by atoms with E-state index in [1.165, 1.54) is 24.3 Å². The number of nitro benzene ring substituents is 1. The number of rotatable bonds is 6. The summed E-state index contributed by atoms with van der Waals surface area (Å²) < 4.78 is 5.21. The number of anilines is 1. The summed E-state index contributed by atoms with van der Waals surface area (Å²) in [6.07, 6.45) is 0. The maximum Gasteiger partial charge on any atom is 0.330 e. The van der Waals surface area contributed by atoms with E-state index in [4.69, 9.17) is 27.9 Å². The van der Waals surface area contributed by atoms with Gasteiger partial charge in [-0.05, 0) is 60.1 Å². The van der Waals surface area contributed by atoms with Crippen molar-refractivity contribution in [2.45, 2.75) is 12.5 Å². The molecular formula is C24H21Cl2N3O4. The molecule has 0 aliphatic carbocycles. The first-order valence-electron chi connectivity index (χ1n) is 10.3. The maximum absolute atomic E-state index is 12.1. The van der Waals surface area contributed by atoms with Crippen molar-refractivity contribution >= 4 is 40.5 Å². The number of fused-ring (bicyclic) bond motifs is 1. The lowest BCUT2D eigenvalue weighted by molar-refractivity contribution is -0.384. The van der Waals surface area contributed by atoms with Gasteiger partial charge in [-0.15, -0.1) is 0 Å². The van der Waals surface area contributed by atoms with E-state index in [0.717, 1.165) is 35.5 Å². The Hall–Kier alpha value is -3.13. The molecule has 7 nitrogen and oxygen atoms in total. The predicted octanol–water partition coefficient (Wildman–Crippen LogP) is 5.50. The zero-order valence-electron chi connectivity index (χ0n) is 17.8. The molecule has 3 aromatic carbocycles. The summed E-state index contributed by atoms with van der Waals surface area (Å²) in [7, 11) is 2.06. The number of nitrogens with zero attached hydrogens (tertiary/aromatic N) is 2. The van der Waals surface area contributed by atoms with E-state index in [0.29, 0.717) is 10.0 Å². The summed E-state index contributed by atoms with van der Waals surface area (Å²) >= 11 is 12.7. The molecule has 9 heteroatoms. The van der Waals surface area contributed by atoms with Crippen molar-refractivity contribution in [3.63, 3.8) is 0 Å². The van der Waals surface area contributed by atoms with E-state index in [2.05, 4.69) is 17.3 Å². The summed E-state index contributed by atoms with van der Waals surface area (Å²) in [5.74, 6) is -0.115. The third-order valence-electron chi connectivity index (χ3n) is 5.52. The average Bonchev–Trinajstić information content (AvgIpc) is 2.78. The number of carbonyl (C=O) groups excluding carboxylic acids is 1. The number of ether oxygens (including phenoxy) is 1. The topological polar surface area (TPSA) is 84.7 Å². The number of nitrogens with one attached hydrogen (secondary N) is 1. The number of carbonyl (C=O) groups is 1. The van der Waals surface area contributed by atoms with Crippen LogP contribution in [-0.4, -0.2) is 35.9 Å². The van der Waals surface area contributed by atoms with Crippen LogP contribution in [0.2, 0.25) is 10.0 Å². The number of non-ortho nitro benzene ring substituents is 1. The molecule has 0 radical (unpaired) electrons. The van der Waals surface area contributed by atoms with Gasteiger partial charge in [0.15, 0.2) is 0 Å². The highest BCUT2D eigenvalue weighted by atomic mass is 35.5. The fraction of sp³-hybridized carbons (Fsp3) is 0.208. The highest BCUT2D eigenvalue weighted by Gasteiger charge is 2.27. The van der Waals surface area contributed by atoms with Gasteiger partial charge in [0.05, 0.1) is 4.92 Å². The number of halogens is 2. The standard InChI is InChI=1S/C24H21Cl2N3O4/c1-28-13-21(20-10-16(25)11-23(26)22(20)14-28)15-2-4-17(5-3-15)27-12-24(30)33-19-8-6-18(7-9-19)29(31)32/h2-11,21,27H,12-14H2,1H3. The minimum atomic E-state index is -0.510. The molecule has 0 amide bonds. The van der Waals surface area contributed by atoms with E-state index < -0.39 is 10.9 Å². The Kier molecular flexibility index (Phi) is 6.83. The van der Waals surface area contributed by atoms with Crippen LogP contribution < -0.4 is 10.1 Å². The number of nitro groups is 1. The van der Waals surface area contributed by atoms with Crippen molar-refractivity contribution in [3.8, 4) is 5.75 Å². The summed E-state index contributed by atoms with van der Waals surface area (Å²) in [5.41, 5.74) is 4.06. The first kappa shape index (κ1) is 23.0. The van der Waals surface area contributed by atoms with Crippen LogP contribution in [0.25, 0.3) is 0 Å². The van der Waals surface area contributed by atoms with Crippen LogP contribution in [0.1, 0.15) is 22.6 Å². The fourth-order valence-corrected chi connectivity index (χ4v) is 4.51. The molecule has 1 aliphatic heterocycles. The lowest BCUT2D eigenvalue weighted by atomic mass is 9.84. The summed E-state index contributed by atoms with van der Waals surface area (Å²) in [5, 5.41) is 15.0. The zero-order valence-corrected chi connectivity index (χ0v) is 19.3. The Morgan fingerprint density at radius 3 is 2.52 bits per heavy atom. The van der Waals surface area contributed by atoms with E-state index in [9.17, 15) is 14.9 Å². The minimum Gasteiger partial charge on any atom is -0.425 e. The van der Waals surface area contributed by atoms with Gasteiger partial charge in [0.25, 0.3) is 5.69 Å². The number of benzene rings is 3. The zero-order chi connectivity index (χ0) is 23.5. The molecule has 0 fully saturated rings. The van der Waals surface area contributed by atoms with Crippen LogP contribution in [0.15, 0.2) is 60.7 Å². The lowest BCUT2D eigenvalue weighted by Crippen LogP contribution is -2.31. The van der Waals surface area contributed by atoms with Gasteiger partial charge < -0.3 is 15.0 Å². The number of hydrogen-bond donors (Lipinski definition) is 1. The molecule has 1 atom stereocenters. The lowest BCUT2D eigenvalue weighted by Gasteiger charge is -2.33. The van der Waals surface area contributed by atoms with Crippen LogP contribution in [0.4, 0.5) is 11.4 Å². The van der Waals surface area contributed by atoms with E-state index in [-0.39, 0.29) is 23.9 Å². The van der Waals surface area contributed by atoms with Crippen molar-refractivity contribution in [2.75, 3.05) is 25.5 Å². The predicted molar refractivity (Wildman–Crippen MR) is 128 cm³/mol. The van der Waals surface area contributed by atoms with Crippen molar-refractivity contribution in [1.29, 1.82) is 0 Å². The summed E-state index contributed by atoms with van der Waals surface area (Å²) in [6, 6.07) is 17.0. The monoisotopic (exact) mass is 485 g/mol. The molecule has 0 saturated heterocycles. The molecule has 33 heavy (non-hydrogen) atoms. The molecule has 0 spiro atoms. The molecule has 0 bridgehead atoms. The highest BCUT2D eigenvalue weighted by Crippen LogP contribution is 2.38. The van der Waals surface area contributed by atoms with Gasteiger partial charge in [-0.25, -0.2) is 4.79 Å². The smallest absolute Gasteiger partial charge is 0.330 e. The third kappa shape index (κ3) is 5.45. The van der Waals surface area contributed by atoms with Crippen molar-refractivity contribution < 1.29 is 14.5 Å². The van der Waals surface area contributed by atoms with Crippen LogP contribution in [0.5, 0.6) is 5.75 Å². The molecule has 0 aromatic heterocycles. The second-order valence-electron chi connectivity index (χ2n) is 7.91. The van der Waals surface area contributed by atoms with Gasteiger partial charge in [0.2, 0.25) is 0 Å². The van der Waals surface area contributed by atoms with Gasteiger partial charge in [-0.2, -0.15) is 0 Å². The summed E-state index contributed by atoms with van der Waals surface area (Å²) in [6.45, 7) is 1.58. The molecule has 3 aromatic rings. The largest absolute Gasteiger partial charge is 0.425 e. The molecule has 1 heterocycles. The third-order valence-corrected chi connectivity index (χ3v) is 6.08. The Labute approximate surface area is 201 Å². The Morgan fingerprint density at radius 2 is 1.85 bits per heavy atom. The fourth-order valence-electron chi connectivity index (χ4n) is 3.94. The van der Waals surface area contributed by atoms with Crippen LogP contribution in [-0.2, 0) is 11.3 Å². The molecule has 170 valence electrons. The number of likely N-dealkylation sites (N-methyl/N-ethyl adjacent to an activating group) is 1. The van der Waals surface area contributed by atoms with E-state index in [1.54, 1.807) is 6.07 Å². The molecule has 1 unspecified atom stereocenters. The van der Waals surface area contributed by atoms with Crippen molar-refractivity contribution in [2.24, 2.45) is 0 Å². The van der Waals surface area contributed by atoms with Crippen molar-refractivity contribution in [3.05, 3.63) is 97.5 Å². The minimum absolute atomic E-state index is 0.0451. The Balaban J connectivity index is 1.40. The number of hydrogen-bond acceptors (Lipinski definition) is 6. The van der Waals surface area contributed by atoms with Crippen LogP contribution in [0, 0.1) is 10.1 Å². The van der Waals surface area contributed by atoms with E-state index >= 15 is 0 Å². The van der Waals surface area contributed by atoms with Gasteiger partial charge in [-0.3, -0.25) is 10.1 Å². The number of esters is 1. The molecule has 4 rings (SSSR count). The SMILES string of the molecule is CN1Cc2c(Cl)cc(Cl)cc2C(c2ccc(NCC(=O)Oc3ccc([N+](=O)[O-])cc3)cc2)C1. The second-order valence-corrected chi connectivity index (χ2v) is 8.75. The summed E-state index contributed by atoms with van der Waals surface area (Å²) in [4.78, 5) is 24.5. The molecule has 0 saturated carbocycles. The first-order valence-corrected chi connectivity index (χ1v) is 11.0. The average molecular weight is 486 g/mol. The second kappa shape index (κ2) is 9.79.